The molecule has 1 aromatic rings. The van der Waals surface area contributed by atoms with Crippen molar-refractivity contribution in [1.82, 2.24) is 10.2 Å². The molecule has 0 radical (unpaired) electrons. The molecule has 0 aliphatic carbocycles. The molecule has 2 atom stereocenters. The smallest absolute Gasteiger partial charge is 0.233 e. The van der Waals surface area contributed by atoms with Crippen LogP contribution in [0.1, 0.15) is 17.9 Å². The van der Waals surface area contributed by atoms with Gasteiger partial charge in [0.25, 0.3) is 0 Å². The van der Waals surface area contributed by atoms with Gasteiger partial charge in [-0.2, -0.15) is 0 Å². The van der Waals surface area contributed by atoms with Crippen LogP contribution in [0.15, 0.2) is 24.3 Å². The Morgan fingerprint density at radius 2 is 2.29 bits per heavy atom. The van der Waals surface area contributed by atoms with Gasteiger partial charge in [0.15, 0.2) is 0 Å². The lowest BCUT2D eigenvalue weighted by atomic mass is 9.99. The summed E-state index contributed by atoms with van der Waals surface area (Å²) in [6.07, 6.45) is 0.918. The van der Waals surface area contributed by atoms with Gasteiger partial charge in [-0.05, 0) is 12.5 Å². The zero-order valence-electron chi connectivity index (χ0n) is 12.0. The molecule has 3 aliphatic rings. The molecule has 5 nitrogen and oxygen atoms in total. The number of fused-ring (bicyclic) bond motifs is 1. The molecule has 1 spiro atoms. The molecule has 1 aromatic carbocycles. The van der Waals surface area contributed by atoms with Crippen LogP contribution in [-0.4, -0.2) is 55.8 Å². The van der Waals surface area contributed by atoms with Crippen molar-refractivity contribution >= 4 is 5.91 Å². The standard InChI is InChI=1S/C16H20N2O3/c19-15(13-9-20-14-4-2-1-3-12(13)14)18-7-5-16(11-18)10-17-6-8-21-16/h1-4,13,17H,5-11H2. The van der Waals surface area contributed by atoms with Gasteiger partial charge >= 0.3 is 0 Å². The summed E-state index contributed by atoms with van der Waals surface area (Å²) in [5, 5.41) is 3.37. The van der Waals surface area contributed by atoms with Gasteiger partial charge in [-0.25, -0.2) is 0 Å². The Labute approximate surface area is 124 Å². The molecule has 3 heterocycles. The molecule has 4 rings (SSSR count). The second kappa shape index (κ2) is 5.00. The van der Waals surface area contributed by atoms with E-state index < -0.39 is 0 Å². The fraction of sp³-hybridized carbons (Fsp3) is 0.562. The van der Waals surface area contributed by atoms with Crippen molar-refractivity contribution in [2.24, 2.45) is 0 Å². The van der Waals surface area contributed by atoms with Crippen molar-refractivity contribution < 1.29 is 14.3 Å². The lowest BCUT2D eigenvalue weighted by Crippen LogP contribution is -2.52. The third-order valence-electron chi connectivity index (χ3n) is 4.76. The number of nitrogens with one attached hydrogen (secondary N) is 1. The summed E-state index contributed by atoms with van der Waals surface area (Å²) in [5.74, 6) is 0.860. The summed E-state index contributed by atoms with van der Waals surface area (Å²) in [4.78, 5) is 14.8. The van der Waals surface area contributed by atoms with Crippen LogP contribution in [0.25, 0.3) is 0 Å². The van der Waals surface area contributed by atoms with Crippen molar-refractivity contribution in [2.45, 2.75) is 17.9 Å². The Hall–Kier alpha value is -1.59. The van der Waals surface area contributed by atoms with Crippen LogP contribution in [0.2, 0.25) is 0 Å². The van der Waals surface area contributed by atoms with E-state index in [1.807, 2.05) is 29.2 Å². The number of para-hydroxylation sites is 1. The predicted molar refractivity (Wildman–Crippen MR) is 77.4 cm³/mol. The highest BCUT2D eigenvalue weighted by atomic mass is 16.5. The average molecular weight is 288 g/mol. The van der Waals surface area contributed by atoms with Gasteiger partial charge in [-0.15, -0.1) is 0 Å². The minimum absolute atomic E-state index is 0.159. The molecule has 0 aromatic heterocycles. The van der Waals surface area contributed by atoms with Crippen LogP contribution in [0.3, 0.4) is 0 Å². The molecular formula is C16H20N2O3. The SMILES string of the molecule is O=C(C1COc2ccccc21)N1CCC2(CNCCO2)C1. The lowest BCUT2D eigenvalue weighted by molar-refractivity contribution is -0.134. The fourth-order valence-electron chi connectivity index (χ4n) is 3.59. The molecule has 2 saturated heterocycles. The summed E-state index contributed by atoms with van der Waals surface area (Å²) in [7, 11) is 0. The molecule has 2 fully saturated rings. The summed E-state index contributed by atoms with van der Waals surface area (Å²) < 4.78 is 11.6. The number of benzene rings is 1. The van der Waals surface area contributed by atoms with E-state index in [4.69, 9.17) is 9.47 Å². The molecule has 2 unspecified atom stereocenters. The number of morpholine rings is 1. The lowest BCUT2D eigenvalue weighted by Gasteiger charge is -2.34. The Bertz CT molecular complexity index is 554. The zero-order valence-corrected chi connectivity index (χ0v) is 12.0. The van der Waals surface area contributed by atoms with Gasteiger partial charge < -0.3 is 19.7 Å². The highest BCUT2D eigenvalue weighted by Gasteiger charge is 2.44. The fourth-order valence-corrected chi connectivity index (χ4v) is 3.59. The van der Waals surface area contributed by atoms with Crippen LogP contribution >= 0.6 is 0 Å². The van der Waals surface area contributed by atoms with Crippen LogP contribution in [0.4, 0.5) is 0 Å². The Morgan fingerprint density at radius 1 is 1.38 bits per heavy atom. The molecule has 112 valence electrons. The first-order chi connectivity index (χ1) is 10.3. The normalized spacial score (nSPS) is 31.2. The quantitative estimate of drug-likeness (QED) is 0.829. The van der Waals surface area contributed by atoms with E-state index in [0.29, 0.717) is 13.2 Å². The predicted octanol–water partition coefficient (Wildman–Crippen LogP) is 0.753. The number of likely N-dealkylation sites (tertiary alicyclic amines) is 1. The maximum atomic E-state index is 12.8. The third kappa shape index (κ3) is 2.21. The highest BCUT2D eigenvalue weighted by Crippen LogP contribution is 2.36. The van der Waals surface area contributed by atoms with Crippen molar-refractivity contribution in [3.05, 3.63) is 29.8 Å². The van der Waals surface area contributed by atoms with E-state index in [2.05, 4.69) is 5.32 Å². The van der Waals surface area contributed by atoms with Crippen molar-refractivity contribution in [3.63, 3.8) is 0 Å². The monoisotopic (exact) mass is 288 g/mol. The topological polar surface area (TPSA) is 50.8 Å². The molecule has 3 aliphatic heterocycles. The van der Waals surface area contributed by atoms with Gasteiger partial charge in [-0.3, -0.25) is 4.79 Å². The van der Waals surface area contributed by atoms with Gasteiger partial charge in [0.1, 0.15) is 18.3 Å². The van der Waals surface area contributed by atoms with Crippen LogP contribution < -0.4 is 10.1 Å². The first-order valence-corrected chi connectivity index (χ1v) is 7.63. The first-order valence-electron chi connectivity index (χ1n) is 7.63. The van der Waals surface area contributed by atoms with Gasteiger partial charge in [0.2, 0.25) is 5.91 Å². The maximum Gasteiger partial charge on any atom is 0.233 e. The Morgan fingerprint density at radius 3 is 3.14 bits per heavy atom. The largest absolute Gasteiger partial charge is 0.492 e. The summed E-state index contributed by atoms with van der Waals surface area (Å²) in [6.45, 7) is 4.41. The number of carbonyl (C=O) groups is 1. The van der Waals surface area contributed by atoms with Gasteiger partial charge in [0, 0.05) is 25.2 Å². The van der Waals surface area contributed by atoms with Crippen molar-refractivity contribution in [1.29, 1.82) is 0 Å². The van der Waals surface area contributed by atoms with Crippen LogP contribution in [0.5, 0.6) is 5.75 Å². The van der Waals surface area contributed by atoms with Crippen LogP contribution in [0, 0.1) is 0 Å². The summed E-state index contributed by atoms with van der Waals surface area (Å²) in [5.41, 5.74) is 0.846. The third-order valence-corrected chi connectivity index (χ3v) is 4.76. The van der Waals surface area contributed by atoms with E-state index in [1.54, 1.807) is 0 Å². The zero-order chi connectivity index (χ0) is 14.3. The molecule has 0 saturated carbocycles. The first kappa shape index (κ1) is 13.1. The van der Waals surface area contributed by atoms with Gasteiger partial charge in [-0.1, -0.05) is 18.2 Å². The molecule has 21 heavy (non-hydrogen) atoms. The van der Waals surface area contributed by atoms with Gasteiger partial charge in [0.05, 0.1) is 18.8 Å². The summed E-state index contributed by atoms with van der Waals surface area (Å²) >= 11 is 0. The minimum atomic E-state index is -0.174. The van der Waals surface area contributed by atoms with E-state index in [-0.39, 0.29) is 17.4 Å². The number of ether oxygens (including phenoxy) is 2. The number of rotatable bonds is 1. The van der Waals surface area contributed by atoms with Crippen molar-refractivity contribution in [2.75, 3.05) is 39.4 Å². The number of hydrogen-bond donors (Lipinski definition) is 1. The van der Waals surface area contributed by atoms with E-state index in [9.17, 15) is 4.79 Å². The Kier molecular flexibility index (Phi) is 3.12. The summed E-state index contributed by atoms with van der Waals surface area (Å²) in [6, 6.07) is 7.84. The number of nitrogens with zero attached hydrogens (tertiary/aromatic N) is 1. The molecule has 5 heteroatoms. The molecular weight excluding hydrogens is 268 g/mol. The highest BCUT2D eigenvalue weighted by molar-refractivity contribution is 5.86. The van der Waals surface area contributed by atoms with Crippen LogP contribution in [-0.2, 0) is 9.53 Å². The van der Waals surface area contributed by atoms with Crippen molar-refractivity contribution in [3.8, 4) is 5.75 Å². The second-order valence-corrected chi connectivity index (χ2v) is 6.12. The second-order valence-electron chi connectivity index (χ2n) is 6.12. The number of amides is 1. The maximum absolute atomic E-state index is 12.8. The molecule has 1 amide bonds. The number of hydrogen-bond acceptors (Lipinski definition) is 4. The van der Waals surface area contributed by atoms with E-state index in [0.717, 1.165) is 44.0 Å². The Balaban J connectivity index is 1.49. The molecule has 0 bridgehead atoms. The van der Waals surface area contributed by atoms with E-state index in [1.165, 1.54) is 0 Å². The number of carbonyl (C=O) groups excluding carboxylic acids is 1. The molecule has 1 N–H and O–H groups in total. The average Bonchev–Trinajstić information content (AvgIpc) is 3.12. The minimum Gasteiger partial charge on any atom is -0.492 e. The van der Waals surface area contributed by atoms with E-state index >= 15 is 0 Å².